The van der Waals surface area contributed by atoms with E-state index in [1.165, 1.54) is 23.9 Å². The third kappa shape index (κ3) is 12.4. The Balaban J connectivity index is 1.53. The van der Waals surface area contributed by atoms with Gasteiger partial charge in [0.25, 0.3) is 5.91 Å². The quantitative estimate of drug-likeness (QED) is 0.193. The summed E-state index contributed by atoms with van der Waals surface area (Å²) in [5.74, 6) is -6.03. The summed E-state index contributed by atoms with van der Waals surface area (Å²) in [7, 11) is 3.02. The Morgan fingerprint density at radius 1 is 0.947 bits per heavy atom. The van der Waals surface area contributed by atoms with Crippen molar-refractivity contribution in [1.29, 1.82) is 0 Å². The van der Waals surface area contributed by atoms with Gasteiger partial charge in [-0.25, -0.2) is 13.6 Å². The number of carbonyl (C=O) groups is 7. The molecule has 3 fully saturated rings. The molecule has 1 aromatic carbocycles. The molecule has 0 spiro atoms. The highest BCUT2D eigenvalue weighted by molar-refractivity contribution is 6.38. The first-order chi connectivity index (χ1) is 26.7. The molecule has 6 amide bonds. The highest BCUT2D eigenvalue weighted by Crippen LogP contribution is 2.43. The van der Waals surface area contributed by atoms with Crippen molar-refractivity contribution in [2.75, 3.05) is 27.2 Å². The molecule has 1 saturated carbocycles. The van der Waals surface area contributed by atoms with E-state index >= 15 is 0 Å². The van der Waals surface area contributed by atoms with Gasteiger partial charge in [-0.05, 0) is 71.8 Å². The highest BCUT2D eigenvalue weighted by Gasteiger charge is 2.56. The molecule has 1 aliphatic carbocycles. The van der Waals surface area contributed by atoms with E-state index in [4.69, 9.17) is 9.47 Å². The Labute approximate surface area is 332 Å². The average Bonchev–Trinajstić information content (AvgIpc) is 3.63. The number of nitrogens with one attached hydrogen (secondary N) is 4. The molecule has 0 radical (unpaired) electrons. The highest BCUT2D eigenvalue weighted by atomic mass is 19.3. The Morgan fingerprint density at radius 2 is 1.60 bits per heavy atom. The Kier molecular flexibility index (Phi) is 15.2. The second-order valence-electron chi connectivity index (χ2n) is 17.0. The molecule has 1 unspecified atom stereocenters. The molecule has 3 aliphatic rings. The minimum atomic E-state index is -2.87. The Morgan fingerprint density at radius 3 is 2.19 bits per heavy atom. The lowest BCUT2D eigenvalue weighted by atomic mass is 9.83. The van der Waals surface area contributed by atoms with E-state index in [0.29, 0.717) is 24.8 Å². The van der Waals surface area contributed by atoms with Gasteiger partial charge in [-0.3, -0.25) is 28.8 Å². The predicted octanol–water partition coefficient (Wildman–Crippen LogP) is 3.02. The predicted molar refractivity (Wildman–Crippen MR) is 203 cm³/mol. The van der Waals surface area contributed by atoms with Crippen LogP contribution in [-0.4, -0.2) is 120 Å². The topological polar surface area (TPSA) is 193 Å². The van der Waals surface area contributed by atoms with Crippen LogP contribution in [0.3, 0.4) is 0 Å². The van der Waals surface area contributed by atoms with Crippen LogP contribution in [0.25, 0.3) is 0 Å². The number of Topliss-reactive ketones (excluding diaryl/α,β-unsaturated/α-hetero) is 1. The van der Waals surface area contributed by atoms with Crippen LogP contribution < -0.4 is 21.3 Å². The van der Waals surface area contributed by atoms with E-state index in [9.17, 15) is 42.3 Å². The second kappa shape index (κ2) is 19.2. The van der Waals surface area contributed by atoms with Crippen LogP contribution >= 0.6 is 0 Å². The molecule has 316 valence electrons. The van der Waals surface area contributed by atoms with E-state index in [1.807, 2.05) is 13.8 Å². The summed E-state index contributed by atoms with van der Waals surface area (Å²) < 4.78 is 38.8. The maximum absolute atomic E-state index is 14.5. The molecule has 2 aliphatic heterocycles. The zero-order chi connectivity index (χ0) is 42.2. The summed E-state index contributed by atoms with van der Waals surface area (Å²) in [5.41, 5.74) is -1.03. The minimum absolute atomic E-state index is 0.00419. The normalized spacial score (nSPS) is 22.1. The number of likely N-dealkylation sites (N-methyl/N-ethyl adjacent to an activating group) is 1. The lowest BCUT2D eigenvalue weighted by Crippen LogP contribution is -2.59. The summed E-state index contributed by atoms with van der Waals surface area (Å²) in [6, 6.07) is 3.28. The van der Waals surface area contributed by atoms with Crippen LogP contribution in [-0.2, 0) is 38.2 Å². The average molecular weight is 805 g/mol. The van der Waals surface area contributed by atoms with Crippen molar-refractivity contribution >= 4 is 41.4 Å². The maximum atomic E-state index is 14.5. The van der Waals surface area contributed by atoms with Gasteiger partial charge < -0.3 is 40.5 Å². The lowest BCUT2D eigenvalue weighted by molar-refractivity contribution is -0.145. The van der Waals surface area contributed by atoms with Crippen molar-refractivity contribution in [2.45, 2.75) is 134 Å². The van der Waals surface area contributed by atoms with Gasteiger partial charge in [-0.2, -0.15) is 0 Å². The molecule has 2 saturated heterocycles. The van der Waals surface area contributed by atoms with Crippen molar-refractivity contribution in [2.24, 2.45) is 11.8 Å². The number of rotatable bonds is 15. The number of ether oxygens (including phenoxy) is 2. The summed E-state index contributed by atoms with van der Waals surface area (Å²) >= 11 is 0. The fourth-order valence-corrected chi connectivity index (χ4v) is 7.92. The number of amides is 6. The molecular weight excluding hydrogens is 746 g/mol. The third-order valence-corrected chi connectivity index (χ3v) is 10.5. The molecule has 0 bridgehead atoms. The fraction of sp³-hybridized carbons (Fsp3) is 0.675. The number of likely N-dealkylation sites (tertiary alicyclic amines) is 1. The Bertz CT molecular complexity index is 1630. The standard InChI is InChI=1S/C40H58F2N6O9/c1-39(2,3)57-38(55)46-31(24-16-12-9-13-17-24)37(54)48-22-27-25(20-40(4,5)56-27)32(48)34(51)44-26(18-19-28(41)42)33(50)35(52)43-21-29(49)45-30(36(53)47(6)7)23-14-10-8-11-15-23/h8,10-11,14-15,24-28,30-32H,9,12-13,16-22H2,1-7H3,(H,43,52)(H,44,51)(H,45,49)(H,46,55)/t25-,26?,27-,30-,31-,32-/m0/s1. The Hall–Kier alpha value is -4.67. The number of alkyl halides is 2. The van der Waals surface area contributed by atoms with Crippen LogP contribution in [0.15, 0.2) is 30.3 Å². The zero-order valence-electron chi connectivity index (χ0n) is 33.9. The first kappa shape index (κ1) is 45.0. The van der Waals surface area contributed by atoms with E-state index in [1.54, 1.807) is 51.1 Å². The molecule has 15 nitrogen and oxygen atoms in total. The largest absolute Gasteiger partial charge is 0.444 e. The van der Waals surface area contributed by atoms with E-state index < -0.39 is 115 Å². The lowest BCUT2D eigenvalue weighted by Gasteiger charge is -2.36. The van der Waals surface area contributed by atoms with E-state index in [2.05, 4.69) is 21.3 Å². The van der Waals surface area contributed by atoms with Crippen molar-refractivity contribution in [3.8, 4) is 0 Å². The summed E-state index contributed by atoms with van der Waals surface area (Å²) in [6.45, 7) is 8.03. The summed E-state index contributed by atoms with van der Waals surface area (Å²) in [4.78, 5) is 96.9. The molecule has 6 atom stereocenters. The summed E-state index contributed by atoms with van der Waals surface area (Å²) in [5, 5.41) is 9.95. The number of ketones is 1. The monoisotopic (exact) mass is 804 g/mol. The number of hydrogen-bond donors (Lipinski definition) is 4. The number of hydrogen-bond acceptors (Lipinski definition) is 9. The molecule has 17 heteroatoms. The van der Waals surface area contributed by atoms with Gasteiger partial charge in [0.05, 0.1) is 24.3 Å². The fourth-order valence-electron chi connectivity index (χ4n) is 7.92. The zero-order valence-corrected chi connectivity index (χ0v) is 33.9. The number of benzene rings is 1. The van der Waals surface area contributed by atoms with Gasteiger partial charge in [0.1, 0.15) is 23.7 Å². The van der Waals surface area contributed by atoms with E-state index in [-0.39, 0.29) is 12.5 Å². The van der Waals surface area contributed by atoms with Crippen molar-refractivity contribution in [1.82, 2.24) is 31.1 Å². The van der Waals surface area contributed by atoms with Crippen molar-refractivity contribution < 1.29 is 51.8 Å². The molecule has 1 aromatic rings. The third-order valence-electron chi connectivity index (χ3n) is 10.5. The minimum Gasteiger partial charge on any atom is -0.444 e. The van der Waals surface area contributed by atoms with E-state index in [0.717, 1.165) is 19.3 Å². The van der Waals surface area contributed by atoms with Crippen LogP contribution in [0.1, 0.15) is 97.6 Å². The molecule has 4 N–H and O–H groups in total. The van der Waals surface area contributed by atoms with Gasteiger partial charge in [-0.1, -0.05) is 49.6 Å². The first-order valence-electron chi connectivity index (χ1n) is 19.6. The first-order valence-corrected chi connectivity index (χ1v) is 19.6. The maximum Gasteiger partial charge on any atom is 0.408 e. The number of nitrogens with zero attached hydrogens (tertiary/aromatic N) is 2. The molecule has 57 heavy (non-hydrogen) atoms. The van der Waals surface area contributed by atoms with Crippen LogP contribution in [0.2, 0.25) is 0 Å². The SMILES string of the molecule is CN(C)C(=O)[C@@H](NC(=O)CNC(=O)C(=O)C(CCC(F)F)NC(=O)[C@@H]1[C@H]2CC(C)(C)O[C@H]2CN1C(=O)[C@@H](NC(=O)OC(C)(C)C)C1CCCCC1)c1ccccc1. The van der Waals surface area contributed by atoms with Gasteiger partial charge in [0, 0.05) is 33.0 Å². The molecule has 2 heterocycles. The number of carbonyl (C=O) groups excluding carboxylic acids is 7. The van der Waals surface area contributed by atoms with Crippen molar-refractivity contribution in [3.05, 3.63) is 35.9 Å². The van der Waals surface area contributed by atoms with Crippen LogP contribution in [0, 0.1) is 11.8 Å². The number of alkyl carbamates (subject to hydrolysis) is 1. The van der Waals surface area contributed by atoms with Gasteiger partial charge in [-0.15, -0.1) is 0 Å². The van der Waals surface area contributed by atoms with Crippen LogP contribution in [0.4, 0.5) is 13.6 Å². The van der Waals surface area contributed by atoms with Crippen molar-refractivity contribution in [3.63, 3.8) is 0 Å². The molecule has 4 rings (SSSR count). The summed E-state index contributed by atoms with van der Waals surface area (Å²) in [6.07, 6.45) is -1.37. The van der Waals surface area contributed by atoms with Gasteiger partial charge >= 0.3 is 6.09 Å². The second-order valence-corrected chi connectivity index (χ2v) is 17.0. The molecular formula is C40H58F2N6O9. The number of halogens is 2. The van der Waals surface area contributed by atoms with Gasteiger partial charge in [0.2, 0.25) is 35.8 Å². The smallest absolute Gasteiger partial charge is 0.408 e. The van der Waals surface area contributed by atoms with Gasteiger partial charge in [0.15, 0.2) is 0 Å². The molecule has 0 aromatic heterocycles. The number of fused-ring (bicyclic) bond motifs is 1. The van der Waals surface area contributed by atoms with Crippen LogP contribution in [0.5, 0.6) is 0 Å².